The summed E-state index contributed by atoms with van der Waals surface area (Å²) in [5, 5.41) is 5.36. The minimum Gasteiger partial charge on any atom is -0.368 e. The van der Waals surface area contributed by atoms with E-state index in [0.29, 0.717) is 0 Å². The van der Waals surface area contributed by atoms with Gasteiger partial charge in [0.1, 0.15) is 0 Å². The van der Waals surface area contributed by atoms with Gasteiger partial charge in [-0.2, -0.15) is 41.3 Å². The molecule has 0 amide bonds. The number of nitrogen functional groups attached to an aromatic ring is 1. The summed E-state index contributed by atoms with van der Waals surface area (Å²) < 4.78 is 75.7. The highest BCUT2D eigenvalue weighted by Gasteiger charge is 2.30. The molecule has 3 aromatic rings. The molecule has 0 aliphatic carbocycles. The fourth-order valence-corrected chi connectivity index (χ4v) is 2.25. The molecule has 0 atom stereocenters. The van der Waals surface area contributed by atoms with Gasteiger partial charge in [-0.3, -0.25) is 0 Å². The zero-order valence-electron chi connectivity index (χ0n) is 14.3. The molecule has 1 heterocycles. The number of anilines is 5. The zero-order chi connectivity index (χ0) is 21.2. The summed E-state index contributed by atoms with van der Waals surface area (Å²) in [5.41, 5.74) is 4.49. The second kappa shape index (κ2) is 7.45. The highest BCUT2D eigenvalue weighted by atomic mass is 19.4. The predicted molar refractivity (Wildman–Crippen MR) is 93.7 cm³/mol. The highest BCUT2D eigenvalue weighted by Crippen LogP contribution is 2.31. The van der Waals surface area contributed by atoms with Crippen molar-refractivity contribution in [3.8, 4) is 0 Å². The Kier molecular flexibility index (Phi) is 5.18. The topological polar surface area (TPSA) is 88.8 Å². The third-order valence-electron chi connectivity index (χ3n) is 3.59. The Morgan fingerprint density at radius 1 is 0.586 bits per heavy atom. The van der Waals surface area contributed by atoms with Crippen molar-refractivity contribution >= 4 is 29.2 Å². The quantitative estimate of drug-likeness (QED) is 0.522. The van der Waals surface area contributed by atoms with Gasteiger partial charge in [0.15, 0.2) is 0 Å². The summed E-state index contributed by atoms with van der Waals surface area (Å²) in [6.07, 6.45) is -8.93. The van der Waals surface area contributed by atoms with Crippen molar-refractivity contribution in [2.75, 3.05) is 16.4 Å². The molecule has 29 heavy (non-hydrogen) atoms. The van der Waals surface area contributed by atoms with Gasteiger partial charge in [0.05, 0.1) is 11.1 Å². The van der Waals surface area contributed by atoms with Crippen LogP contribution in [0.4, 0.5) is 55.6 Å². The zero-order valence-corrected chi connectivity index (χ0v) is 14.3. The minimum atomic E-state index is -4.46. The molecule has 0 saturated carbocycles. The smallest absolute Gasteiger partial charge is 0.368 e. The van der Waals surface area contributed by atoms with E-state index >= 15 is 0 Å². The largest absolute Gasteiger partial charge is 0.416 e. The average Bonchev–Trinajstić information content (AvgIpc) is 2.60. The van der Waals surface area contributed by atoms with Gasteiger partial charge in [-0.05, 0) is 48.5 Å². The van der Waals surface area contributed by atoms with Crippen LogP contribution in [0, 0.1) is 0 Å². The van der Waals surface area contributed by atoms with Crippen LogP contribution >= 0.6 is 0 Å². The maximum absolute atomic E-state index is 12.6. The Hall–Kier alpha value is -3.57. The maximum Gasteiger partial charge on any atom is 0.416 e. The number of nitrogens with zero attached hydrogens (tertiary/aromatic N) is 3. The second-order valence-corrected chi connectivity index (χ2v) is 5.74. The first-order valence-corrected chi connectivity index (χ1v) is 7.91. The van der Waals surface area contributed by atoms with Crippen LogP contribution in [0.25, 0.3) is 0 Å². The molecule has 6 nitrogen and oxygen atoms in total. The molecular formula is C17H12F6N6. The number of aromatic nitrogens is 3. The van der Waals surface area contributed by atoms with Gasteiger partial charge in [0.25, 0.3) is 0 Å². The van der Waals surface area contributed by atoms with E-state index in [1.54, 1.807) is 0 Å². The predicted octanol–water partition coefficient (Wildman–Crippen LogP) is 4.98. The number of nitrogens with two attached hydrogens (primary N) is 1. The van der Waals surface area contributed by atoms with Gasteiger partial charge in [0, 0.05) is 11.4 Å². The molecule has 4 N–H and O–H groups in total. The first kappa shape index (κ1) is 20.2. The first-order chi connectivity index (χ1) is 13.5. The number of benzene rings is 2. The van der Waals surface area contributed by atoms with Crippen molar-refractivity contribution in [1.82, 2.24) is 15.0 Å². The van der Waals surface area contributed by atoms with Gasteiger partial charge >= 0.3 is 12.4 Å². The molecule has 12 heteroatoms. The van der Waals surface area contributed by atoms with E-state index in [1.165, 1.54) is 24.3 Å². The van der Waals surface area contributed by atoms with Crippen LogP contribution in [-0.2, 0) is 12.4 Å². The van der Waals surface area contributed by atoms with Crippen molar-refractivity contribution in [2.24, 2.45) is 0 Å². The van der Waals surface area contributed by atoms with Gasteiger partial charge in [-0.1, -0.05) is 0 Å². The molecule has 152 valence electrons. The van der Waals surface area contributed by atoms with Crippen LogP contribution in [0.3, 0.4) is 0 Å². The molecule has 0 fully saturated rings. The van der Waals surface area contributed by atoms with Crippen LogP contribution in [0.1, 0.15) is 11.1 Å². The van der Waals surface area contributed by atoms with E-state index in [2.05, 4.69) is 25.6 Å². The Labute approximate surface area is 159 Å². The lowest BCUT2D eigenvalue weighted by molar-refractivity contribution is -0.138. The van der Waals surface area contributed by atoms with Crippen molar-refractivity contribution in [3.05, 3.63) is 59.7 Å². The first-order valence-electron chi connectivity index (χ1n) is 7.91. The van der Waals surface area contributed by atoms with E-state index in [0.717, 1.165) is 24.3 Å². The Balaban J connectivity index is 1.76. The Morgan fingerprint density at radius 2 is 0.931 bits per heavy atom. The van der Waals surface area contributed by atoms with Crippen LogP contribution in [-0.4, -0.2) is 15.0 Å². The number of rotatable bonds is 4. The fraction of sp³-hybridized carbons (Fsp3) is 0.118. The van der Waals surface area contributed by atoms with Gasteiger partial charge in [0.2, 0.25) is 17.8 Å². The summed E-state index contributed by atoms with van der Waals surface area (Å²) in [7, 11) is 0. The number of alkyl halides is 6. The molecule has 0 saturated heterocycles. The highest BCUT2D eigenvalue weighted by molar-refractivity contribution is 5.59. The molecule has 1 aromatic heterocycles. The molecule has 3 rings (SSSR count). The average molecular weight is 414 g/mol. The van der Waals surface area contributed by atoms with Crippen LogP contribution in [0.15, 0.2) is 48.5 Å². The number of halogens is 6. The van der Waals surface area contributed by atoms with E-state index < -0.39 is 23.5 Å². The second-order valence-electron chi connectivity index (χ2n) is 5.74. The number of nitrogens with one attached hydrogen (secondary N) is 2. The molecule has 0 unspecified atom stereocenters. The third-order valence-corrected chi connectivity index (χ3v) is 3.59. The minimum absolute atomic E-state index is 0.0633. The van der Waals surface area contributed by atoms with Crippen LogP contribution in [0.2, 0.25) is 0 Å². The number of hydrogen-bond donors (Lipinski definition) is 3. The summed E-state index contributed by atoms with van der Waals surface area (Å²) in [6, 6.07) is 8.28. The third kappa shape index (κ3) is 5.24. The summed E-state index contributed by atoms with van der Waals surface area (Å²) in [6.45, 7) is 0. The van der Waals surface area contributed by atoms with E-state index in [4.69, 9.17) is 5.73 Å². The molecule has 0 bridgehead atoms. The number of hydrogen-bond acceptors (Lipinski definition) is 6. The molecule has 0 spiro atoms. The van der Waals surface area contributed by atoms with E-state index in [-0.39, 0.29) is 29.2 Å². The van der Waals surface area contributed by atoms with Crippen molar-refractivity contribution < 1.29 is 26.3 Å². The Bertz CT molecular complexity index is 906. The van der Waals surface area contributed by atoms with Crippen LogP contribution in [0.5, 0.6) is 0 Å². The maximum atomic E-state index is 12.6. The van der Waals surface area contributed by atoms with Gasteiger partial charge in [-0.15, -0.1) is 0 Å². The molecule has 0 aliphatic rings. The van der Waals surface area contributed by atoms with Crippen molar-refractivity contribution in [1.29, 1.82) is 0 Å². The molecule has 0 radical (unpaired) electrons. The normalized spacial score (nSPS) is 11.9. The van der Waals surface area contributed by atoms with E-state index in [9.17, 15) is 26.3 Å². The van der Waals surface area contributed by atoms with Crippen LogP contribution < -0.4 is 16.4 Å². The van der Waals surface area contributed by atoms with E-state index in [1.807, 2.05) is 0 Å². The molecular weight excluding hydrogens is 402 g/mol. The van der Waals surface area contributed by atoms with Gasteiger partial charge < -0.3 is 16.4 Å². The van der Waals surface area contributed by atoms with Crippen molar-refractivity contribution in [3.63, 3.8) is 0 Å². The lowest BCUT2D eigenvalue weighted by Gasteiger charge is -2.11. The van der Waals surface area contributed by atoms with Gasteiger partial charge in [-0.25, -0.2) is 0 Å². The van der Waals surface area contributed by atoms with Crippen molar-refractivity contribution in [2.45, 2.75) is 12.4 Å². The fourth-order valence-electron chi connectivity index (χ4n) is 2.25. The Morgan fingerprint density at radius 3 is 1.24 bits per heavy atom. The monoisotopic (exact) mass is 414 g/mol. The SMILES string of the molecule is Nc1nc(Nc2ccc(C(F)(F)F)cc2)nc(Nc2ccc(C(F)(F)F)cc2)n1. The summed E-state index contributed by atoms with van der Waals surface area (Å²) >= 11 is 0. The summed E-state index contributed by atoms with van der Waals surface area (Å²) in [5.74, 6) is -0.331. The molecule has 2 aromatic carbocycles. The molecule has 0 aliphatic heterocycles. The lowest BCUT2D eigenvalue weighted by atomic mass is 10.2. The summed E-state index contributed by atoms with van der Waals surface area (Å²) in [4.78, 5) is 11.6. The lowest BCUT2D eigenvalue weighted by Crippen LogP contribution is -2.08. The standard InChI is InChI=1S/C17H12F6N6/c18-16(19,20)9-1-5-11(6-2-9)25-14-27-13(24)28-15(29-14)26-12-7-3-10(4-8-12)17(21,22)23/h1-8H,(H4,24,25,26,27,28,29).